The van der Waals surface area contributed by atoms with Crippen molar-refractivity contribution in [2.75, 3.05) is 13.2 Å². The number of carbonyl (C=O) groups is 1. The summed E-state index contributed by atoms with van der Waals surface area (Å²) in [5.74, 6) is 0.198. The van der Waals surface area contributed by atoms with Gasteiger partial charge in [-0.2, -0.15) is 13.2 Å². The Hall–Kier alpha value is -2.21. The van der Waals surface area contributed by atoms with Gasteiger partial charge in [0.05, 0.1) is 12.1 Å². The average Bonchev–Trinajstić information content (AvgIpc) is 2.52. The lowest BCUT2D eigenvalue weighted by atomic mass is 10.1. The smallest absolute Gasteiger partial charge is 0.416 e. The Balaban J connectivity index is 1.83. The zero-order chi connectivity index (χ0) is 17.7. The van der Waals surface area contributed by atoms with Gasteiger partial charge in [0.2, 0.25) is 0 Å². The Morgan fingerprint density at radius 1 is 1.17 bits per heavy atom. The van der Waals surface area contributed by atoms with E-state index in [0.717, 1.165) is 29.8 Å². The van der Waals surface area contributed by atoms with Gasteiger partial charge in [-0.05, 0) is 55.0 Å². The number of hydrogen-bond donors (Lipinski definition) is 1. The molecule has 0 aliphatic heterocycles. The highest BCUT2D eigenvalue weighted by Crippen LogP contribution is 2.29. The molecule has 0 saturated carbocycles. The standard InChI is InChI=1S/C17H15ClF3NO2/c1-11-10-14(18)6-7-15(11)24-9-8-22-16(23)12-2-4-13(5-3-12)17(19,20)21/h2-7,10H,8-9H2,1H3,(H,22,23). The highest BCUT2D eigenvalue weighted by atomic mass is 35.5. The molecule has 0 aromatic heterocycles. The molecule has 0 aliphatic carbocycles. The van der Waals surface area contributed by atoms with Crippen LogP contribution in [0.5, 0.6) is 5.75 Å². The number of rotatable bonds is 5. The van der Waals surface area contributed by atoms with E-state index in [2.05, 4.69) is 5.32 Å². The Kier molecular flexibility index (Phi) is 5.72. The van der Waals surface area contributed by atoms with E-state index in [-0.39, 0.29) is 18.7 Å². The molecule has 128 valence electrons. The van der Waals surface area contributed by atoms with Gasteiger partial charge in [0.15, 0.2) is 0 Å². The van der Waals surface area contributed by atoms with Crippen molar-refractivity contribution in [2.24, 2.45) is 0 Å². The molecule has 0 saturated heterocycles. The largest absolute Gasteiger partial charge is 0.491 e. The van der Waals surface area contributed by atoms with E-state index in [9.17, 15) is 18.0 Å². The topological polar surface area (TPSA) is 38.3 Å². The molecule has 2 rings (SSSR count). The molecule has 0 aliphatic rings. The van der Waals surface area contributed by atoms with Crippen molar-refractivity contribution in [3.05, 3.63) is 64.2 Å². The Bertz CT molecular complexity index is 715. The molecule has 0 atom stereocenters. The summed E-state index contributed by atoms with van der Waals surface area (Å²) in [7, 11) is 0. The maximum Gasteiger partial charge on any atom is 0.416 e. The van der Waals surface area contributed by atoms with Crippen molar-refractivity contribution in [3.63, 3.8) is 0 Å². The Morgan fingerprint density at radius 3 is 2.42 bits per heavy atom. The molecule has 2 aromatic rings. The van der Waals surface area contributed by atoms with Crippen LogP contribution in [0.25, 0.3) is 0 Å². The van der Waals surface area contributed by atoms with E-state index in [1.807, 2.05) is 6.92 Å². The number of nitrogens with one attached hydrogen (secondary N) is 1. The Morgan fingerprint density at radius 2 is 1.83 bits per heavy atom. The highest BCUT2D eigenvalue weighted by molar-refractivity contribution is 6.30. The van der Waals surface area contributed by atoms with Crippen LogP contribution in [0.15, 0.2) is 42.5 Å². The summed E-state index contributed by atoms with van der Waals surface area (Å²) in [6.07, 6.45) is -4.42. The van der Waals surface area contributed by atoms with Crippen LogP contribution in [0.1, 0.15) is 21.5 Å². The third kappa shape index (κ3) is 4.89. The maximum atomic E-state index is 12.5. The van der Waals surface area contributed by atoms with E-state index in [1.54, 1.807) is 18.2 Å². The minimum atomic E-state index is -4.42. The van der Waals surface area contributed by atoms with Crippen molar-refractivity contribution < 1.29 is 22.7 Å². The first kappa shape index (κ1) is 18.1. The van der Waals surface area contributed by atoms with Crippen LogP contribution in [0.3, 0.4) is 0 Å². The Labute approximate surface area is 142 Å². The number of aryl methyl sites for hydroxylation is 1. The van der Waals surface area contributed by atoms with E-state index in [4.69, 9.17) is 16.3 Å². The number of alkyl halides is 3. The summed E-state index contributed by atoms with van der Waals surface area (Å²) in [6, 6.07) is 9.23. The summed E-state index contributed by atoms with van der Waals surface area (Å²) in [4.78, 5) is 11.9. The molecular weight excluding hydrogens is 343 g/mol. The fourth-order valence-corrected chi connectivity index (χ4v) is 2.24. The first-order chi connectivity index (χ1) is 11.3. The van der Waals surface area contributed by atoms with Gasteiger partial charge in [0, 0.05) is 10.6 Å². The number of amides is 1. The van der Waals surface area contributed by atoms with Gasteiger partial charge < -0.3 is 10.1 Å². The molecule has 0 fully saturated rings. The lowest BCUT2D eigenvalue weighted by Crippen LogP contribution is -2.28. The summed E-state index contributed by atoms with van der Waals surface area (Å²) in [6.45, 7) is 2.30. The number of halogens is 4. The molecule has 0 bridgehead atoms. The van der Waals surface area contributed by atoms with Crippen LogP contribution in [0.2, 0.25) is 5.02 Å². The summed E-state index contributed by atoms with van der Waals surface area (Å²) in [5, 5.41) is 3.19. The van der Waals surface area contributed by atoms with Gasteiger partial charge in [-0.15, -0.1) is 0 Å². The molecule has 0 radical (unpaired) electrons. The first-order valence-corrected chi connectivity index (χ1v) is 7.49. The van der Waals surface area contributed by atoms with Gasteiger partial charge in [-0.25, -0.2) is 0 Å². The summed E-state index contributed by atoms with van der Waals surface area (Å²) >= 11 is 5.84. The zero-order valence-corrected chi connectivity index (χ0v) is 13.5. The molecule has 0 spiro atoms. The maximum absolute atomic E-state index is 12.5. The van der Waals surface area contributed by atoms with Crippen LogP contribution in [-0.2, 0) is 6.18 Å². The molecule has 0 unspecified atom stereocenters. The molecule has 1 amide bonds. The van der Waals surface area contributed by atoms with Gasteiger partial charge >= 0.3 is 6.18 Å². The lowest BCUT2D eigenvalue weighted by molar-refractivity contribution is -0.137. The minimum Gasteiger partial charge on any atom is -0.491 e. The minimum absolute atomic E-state index is 0.158. The first-order valence-electron chi connectivity index (χ1n) is 7.12. The molecular formula is C17H15ClF3NO2. The van der Waals surface area contributed by atoms with Gasteiger partial charge in [0.1, 0.15) is 12.4 Å². The predicted molar refractivity (Wildman–Crippen MR) is 85.5 cm³/mol. The van der Waals surface area contributed by atoms with Crippen LogP contribution in [-0.4, -0.2) is 19.1 Å². The van der Waals surface area contributed by atoms with Crippen molar-refractivity contribution in [2.45, 2.75) is 13.1 Å². The van der Waals surface area contributed by atoms with Gasteiger partial charge in [0.25, 0.3) is 5.91 Å². The molecule has 3 nitrogen and oxygen atoms in total. The molecule has 2 aromatic carbocycles. The van der Waals surface area contributed by atoms with Crippen LogP contribution in [0.4, 0.5) is 13.2 Å². The fourth-order valence-electron chi connectivity index (χ4n) is 2.01. The number of hydrogen-bond acceptors (Lipinski definition) is 2. The second kappa shape index (κ2) is 7.57. The van der Waals surface area contributed by atoms with Crippen molar-refractivity contribution >= 4 is 17.5 Å². The number of benzene rings is 2. The average molecular weight is 358 g/mol. The fraction of sp³-hybridized carbons (Fsp3) is 0.235. The second-order valence-electron chi connectivity index (χ2n) is 5.09. The second-order valence-corrected chi connectivity index (χ2v) is 5.53. The van der Waals surface area contributed by atoms with Crippen molar-refractivity contribution in [3.8, 4) is 5.75 Å². The van der Waals surface area contributed by atoms with Crippen LogP contribution < -0.4 is 10.1 Å². The summed E-state index contributed by atoms with van der Waals surface area (Å²) < 4.78 is 42.9. The van der Waals surface area contributed by atoms with Crippen molar-refractivity contribution in [1.82, 2.24) is 5.32 Å². The normalized spacial score (nSPS) is 11.2. The van der Waals surface area contributed by atoms with Crippen LogP contribution >= 0.6 is 11.6 Å². The number of ether oxygens (including phenoxy) is 1. The highest BCUT2D eigenvalue weighted by Gasteiger charge is 2.30. The molecule has 24 heavy (non-hydrogen) atoms. The zero-order valence-electron chi connectivity index (χ0n) is 12.8. The molecule has 0 heterocycles. The summed E-state index contributed by atoms with van der Waals surface area (Å²) in [5.41, 5.74) is 0.239. The third-order valence-corrected chi connectivity index (χ3v) is 3.49. The lowest BCUT2D eigenvalue weighted by Gasteiger charge is -2.11. The van der Waals surface area contributed by atoms with Gasteiger partial charge in [-0.3, -0.25) is 4.79 Å². The number of carbonyl (C=O) groups excluding carboxylic acids is 1. The monoisotopic (exact) mass is 357 g/mol. The van der Waals surface area contributed by atoms with Gasteiger partial charge in [-0.1, -0.05) is 11.6 Å². The van der Waals surface area contributed by atoms with E-state index < -0.39 is 17.6 Å². The van der Waals surface area contributed by atoms with E-state index in [0.29, 0.717) is 10.8 Å². The van der Waals surface area contributed by atoms with E-state index in [1.165, 1.54) is 0 Å². The molecule has 7 heteroatoms. The SMILES string of the molecule is Cc1cc(Cl)ccc1OCCNC(=O)c1ccc(C(F)(F)F)cc1. The molecule has 1 N–H and O–H groups in total. The predicted octanol–water partition coefficient (Wildman–Crippen LogP) is 4.48. The van der Waals surface area contributed by atoms with Crippen LogP contribution in [0, 0.1) is 6.92 Å². The van der Waals surface area contributed by atoms with Crippen molar-refractivity contribution in [1.29, 1.82) is 0 Å². The quantitative estimate of drug-likeness (QED) is 0.801. The third-order valence-electron chi connectivity index (χ3n) is 3.26. The van der Waals surface area contributed by atoms with E-state index >= 15 is 0 Å².